The van der Waals surface area contributed by atoms with Crippen molar-refractivity contribution in [1.82, 2.24) is 0 Å². The largest absolute Gasteiger partial charge is 0.507 e. The molecule has 0 saturated heterocycles. The molecular weight excluding hydrogens is 295 g/mol. The smallest absolute Gasteiger partial charge is 0.123 e. The monoisotopic (exact) mass is 308 g/mol. The van der Waals surface area contributed by atoms with Crippen molar-refractivity contribution < 1.29 is 10.2 Å². The number of aromatic hydroxyl groups is 2. The van der Waals surface area contributed by atoms with Crippen molar-refractivity contribution in [2.45, 2.75) is 13.8 Å². The van der Waals surface area contributed by atoms with Gasteiger partial charge in [-0.05, 0) is 38.1 Å². The Balaban J connectivity index is 2.74. The molecule has 0 radical (unpaired) electrons. The molecule has 0 amide bonds. The summed E-state index contributed by atoms with van der Waals surface area (Å²) in [5, 5.41) is 20.1. The fourth-order valence-corrected chi connectivity index (χ4v) is 2.46. The normalized spacial score (nSPS) is 10.4. The van der Waals surface area contributed by atoms with Gasteiger partial charge in [-0.1, -0.05) is 46.5 Å². The van der Waals surface area contributed by atoms with Gasteiger partial charge in [-0.15, -0.1) is 0 Å². The zero-order chi connectivity index (χ0) is 14.9. The van der Waals surface area contributed by atoms with Crippen LogP contribution in [-0.2, 0) is 0 Å². The summed E-state index contributed by atoms with van der Waals surface area (Å²) in [7, 11) is 0. The number of benzene rings is 2. The summed E-state index contributed by atoms with van der Waals surface area (Å²) < 4.78 is -0.00759. The molecule has 2 aromatic rings. The first kappa shape index (κ1) is 14.8. The molecule has 0 aromatic heterocycles. The van der Waals surface area contributed by atoms with E-state index in [1.165, 1.54) is 0 Å². The maximum absolute atomic E-state index is 10.0. The highest BCUT2D eigenvalue weighted by Crippen LogP contribution is 2.39. The first-order valence-electron chi connectivity index (χ1n) is 6.05. The molecule has 0 aliphatic carbocycles. The van der Waals surface area contributed by atoms with Crippen molar-refractivity contribution in [3.63, 3.8) is 0 Å². The van der Waals surface area contributed by atoms with E-state index in [0.717, 1.165) is 11.1 Å². The summed E-state index contributed by atoms with van der Waals surface area (Å²) in [5.41, 5.74) is 3.31. The van der Waals surface area contributed by atoms with Crippen LogP contribution in [0.5, 0.6) is 11.5 Å². The molecule has 20 heavy (non-hydrogen) atoms. The SMILES string of the molecule is Cc1ccc(O)c(C(=C(Cl)Cl)c2cc(C)ccc2O)c1. The maximum atomic E-state index is 10.0. The van der Waals surface area contributed by atoms with E-state index < -0.39 is 0 Å². The predicted molar refractivity (Wildman–Crippen MR) is 83.4 cm³/mol. The molecule has 2 nitrogen and oxygen atoms in total. The molecule has 0 unspecified atom stereocenters. The molecule has 2 rings (SSSR count). The molecule has 0 aliphatic heterocycles. The lowest BCUT2D eigenvalue weighted by Crippen LogP contribution is -1.93. The van der Waals surface area contributed by atoms with Crippen LogP contribution < -0.4 is 0 Å². The minimum absolute atomic E-state index is 0.00759. The quantitative estimate of drug-likeness (QED) is 0.827. The van der Waals surface area contributed by atoms with Crippen molar-refractivity contribution in [3.8, 4) is 11.5 Å². The van der Waals surface area contributed by atoms with Crippen molar-refractivity contribution in [2.75, 3.05) is 0 Å². The first-order valence-corrected chi connectivity index (χ1v) is 6.81. The third-order valence-electron chi connectivity index (χ3n) is 3.03. The number of halogens is 2. The maximum Gasteiger partial charge on any atom is 0.123 e. The third kappa shape index (κ3) is 2.92. The summed E-state index contributed by atoms with van der Waals surface area (Å²) in [4.78, 5) is 0. The van der Waals surface area contributed by atoms with Crippen LogP contribution in [0.3, 0.4) is 0 Å². The van der Waals surface area contributed by atoms with Crippen LogP contribution in [0.1, 0.15) is 22.3 Å². The standard InChI is InChI=1S/C16H14Cl2O2/c1-9-3-5-13(19)11(7-9)15(16(17)18)12-8-10(2)4-6-14(12)20/h3-8,19-20H,1-2H3. The highest BCUT2D eigenvalue weighted by molar-refractivity contribution is 6.59. The van der Waals surface area contributed by atoms with E-state index >= 15 is 0 Å². The average Bonchev–Trinajstić information content (AvgIpc) is 2.37. The van der Waals surface area contributed by atoms with E-state index in [4.69, 9.17) is 23.2 Å². The molecule has 104 valence electrons. The van der Waals surface area contributed by atoms with Gasteiger partial charge >= 0.3 is 0 Å². The molecule has 0 saturated carbocycles. The molecule has 2 N–H and O–H groups in total. The van der Waals surface area contributed by atoms with Crippen LogP contribution in [0.25, 0.3) is 5.57 Å². The van der Waals surface area contributed by atoms with Gasteiger partial charge in [0.05, 0.1) is 0 Å². The Kier molecular flexibility index (Phi) is 4.26. The molecule has 0 atom stereocenters. The molecule has 0 fully saturated rings. The highest BCUT2D eigenvalue weighted by atomic mass is 35.5. The fourth-order valence-electron chi connectivity index (χ4n) is 2.05. The van der Waals surface area contributed by atoms with Crippen molar-refractivity contribution in [1.29, 1.82) is 0 Å². The number of rotatable bonds is 2. The zero-order valence-corrected chi connectivity index (χ0v) is 12.6. The lowest BCUT2D eigenvalue weighted by molar-refractivity contribution is 0.471. The van der Waals surface area contributed by atoms with Gasteiger partial charge in [0.2, 0.25) is 0 Å². The van der Waals surface area contributed by atoms with Gasteiger partial charge in [-0.3, -0.25) is 0 Å². The van der Waals surface area contributed by atoms with Gasteiger partial charge in [0.1, 0.15) is 16.0 Å². The van der Waals surface area contributed by atoms with Crippen molar-refractivity contribution in [2.24, 2.45) is 0 Å². The Morgan fingerprint density at radius 2 is 1.20 bits per heavy atom. The predicted octanol–water partition coefficient (Wildman–Crippen LogP) is 4.91. The summed E-state index contributed by atoms with van der Waals surface area (Å²) in [6.07, 6.45) is 0. The lowest BCUT2D eigenvalue weighted by Gasteiger charge is -2.13. The van der Waals surface area contributed by atoms with E-state index in [-0.39, 0.29) is 16.0 Å². The van der Waals surface area contributed by atoms with E-state index in [1.54, 1.807) is 36.4 Å². The Bertz CT molecular complexity index is 633. The summed E-state index contributed by atoms with van der Waals surface area (Å²) in [5.74, 6) is 0.121. The summed E-state index contributed by atoms with van der Waals surface area (Å²) in [6.45, 7) is 3.80. The van der Waals surface area contributed by atoms with E-state index in [0.29, 0.717) is 16.7 Å². The van der Waals surface area contributed by atoms with Gasteiger partial charge in [-0.2, -0.15) is 0 Å². The lowest BCUT2D eigenvalue weighted by atomic mass is 9.95. The molecule has 2 aromatic carbocycles. The van der Waals surface area contributed by atoms with Gasteiger partial charge in [0.25, 0.3) is 0 Å². The molecular formula is C16H14Cl2O2. The molecule has 0 heterocycles. The van der Waals surface area contributed by atoms with Crippen LogP contribution in [0, 0.1) is 13.8 Å². The number of hydrogen-bond acceptors (Lipinski definition) is 2. The number of phenolic OH excluding ortho intramolecular Hbond substituents is 2. The van der Waals surface area contributed by atoms with Crippen molar-refractivity contribution >= 4 is 28.8 Å². The second-order valence-electron chi connectivity index (χ2n) is 4.68. The van der Waals surface area contributed by atoms with Crippen LogP contribution in [0.15, 0.2) is 40.9 Å². The van der Waals surface area contributed by atoms with Gasteiger partial charge in [0, 0.05) is 16.7 Å². The highest BCUT2D eigenvalue weighted by Gasteiger charge is 2.17. The fraction of sp³-hybridized carbons (Fsp3) is 0.125. The first-order chi connectivity index (χ1) is 9.40. The average molecular weight is 309 g/mol. The van der Waals surface area contributed by atoms with Crippen molar-refractivity contribution in [3.05, 3.63) is 63.1 Å². The Hall–Kier alpha value is -1.64. The molecule has 0 bridgehead atoms. The van der Waals surface area contributed by atoms with Crippen LogP contribution in [-0.4, -0.2) is 10.2 Å². The number of phenols is 2. The minimum atomic E-state index is -0.00759. The third-order valence-corrected chi connectivity index (χ3v) is 3.41. The molecule has 4 heteroatoms. The number of hydrogen-bond donors (Lipinski definition) is 2. The summed E-state index contributed by atoms with van der Waals surface area (Å²) >= 11 is 12.0. The zero-order valence-electron chi connectivity index (χ0n) is 11.1. The summed E-state index contributed by atoms with van der Waals surface area (Å²) in [6, 6.07) is 10.3. The Labute approximate surface area is 127 Å². The second kappa shape index (κ2) is 5.78. The molecule has 0 spiro atoms. The van der Waals surface area contributed by atoms with Gasteiger partial charge in [0.15, 0.2) is 0 Å². The van der Waals surface area contributed by atoms with Crippen LogP contribution in [0.4, 0.5) is 0 Å². The topological polar surface area (TPSA) is 40.5 Å². The van der Waals surface area contributed by atoms with Gasteiger partial charge in [-0.25, -0.2) is 0 Å². The van der Waals surface area contributed by atoms with Gasteiger partial charge < -0.3 is 10.2 Å². The van der Waals surface area contributed by atoms with Crippen LogP contribution >= 0.6 is 23.2 Å². The Morgan fingerprint density at radius 3 is 1.55 bits per heavy atom. The van der Waals surface area contributed by atoms with E-state index in [9.17, 15) is 10.2 Å². The minimum Gasteiger partial charge on any atom is -0.507 e. The Morgan fingerprint density at radius 1 is 0.800 bits per heavy atom. The van der Waals surface area contributed by atoms with Crippen LogP contribution in [0.2, 0.25) is 0 Å². The van der Waals surface area contributed by atoms with E-state index in [1.807, 2.05) is 13.8 Å². The number of aryl methyl sites for hydroxylation is 2. The molecule has 0 aliphatic rings. The second-order valence-corrected chi connectivity index (χ2v) is 5.63. The van der Waals surface area contributed by atoms with E-state index in [2.05, 4.69) is 0 Å².